The Hall–Kier alpha value is -3.15. The van der Waals surface area contributed by atoms with E-state index in [2.05, 4.69) is 20.0 Å². The second-order valence-corrected chi connectivity index (χ2v) is 10.4. The van der Waals surface area contributed by atoms with Crippen LogP contribution >= 0.6 is 23.2 Å². The van der Waals surface area contributed by atoms with Crippen LogP contribution in [0.2, 0.25) is 10.0 Å². The van der Waals surface area contributed by atoms with Gasteiger partial charge < -0.3 is 25.0 Å². The zero-order chi connectivity index (χ0) is 27.3. The Balaban J connectivity index is 1.52. The van der Waals surface area contributed by atoms with E-state index in [1.807, 2.05) is 11.6 Å². The van der Waals surface area contributed by atoms with E-state index in [0.29, 0.717) is 36.8 Å². The van der Waals surface area contributed by atoms with Crippen molar-refractivity contribution in [2.24, 2.45) is 0 Å². The molecule has 1 aromatic carbocycles. The third-order valence-corrected chi connectivity index (χ3v) is 7.75. The van der Waals surface area contributed by atoms with Gasteiger partial charge in [-0.25, -0.2) is 4.39 Å². The van der Waals surface area contributed by atoms with Gasteiger partial charge in [0.2, 0.25) is 0 Å². The summed E-state index contributed by atoms with van der Waals surface area (Å²) in [5.74, 6) is -0.131. The summed E-state index contributed by atoms with van der Waals surface area (Å²) in [5, 5.41) is 4.82. The van der Waals surface area contributed by atoms with E-state index in [9.17, 15) is 4.79 Å². The maximum Gasteiger partial charge on any atom is 0.318 e. The molecule has 2 aliphatic heterocycles. The minimum absolute atomic E-state index is 0.0624. The molecule has 10 nitrogen and oxygen atoms in total. The third kappa shape index (κ3) is 4.52. The fourth-order valence-corrected chi connectivity index (χ4v) is 5.41. The van der Waals surface area contributed by atoms with Crippen molar-refractivity contribution in [1.82, 2.24) is 24.6 Å². The fraction of sp³-hybridized carbons (Fsp3) is 0.440. The molecule has 2 N–H and O–H groups in total. The Bertz CT molecular complexity index is 1400. The van der Waals surface area contributed by atoms with Crippen LogP contribution in [-0.4, -0.2) is 58.3 Å². The first-order valence-corrected chi connectivity index (χ1v) is 12.9. The van der Waals surface area contributed by atoms with Gasteiger partial charge in [-0.1, -0.05) is 23.2 Å². The summed E-state index contributed by atoms with van der Waals surface area (Å²) in [7, 11) is 4.92. The van der Waals surface area contributed by atoms with Crippen molar-refractivity contribution in [3.8, 4) is 6.01 Å². The second-order valence-electron chi connectivity index (χ2n) is 9.57. The molecule has 2 aliphatic rings. The SMILES string of the molecule is COc1nc2c(c(N3CCCn4nc(C(=O)N(C)C)c(C)c4C3)n1)COC(c1c(F)c(N)cc(Cl)c1Cl)C2. The summed E-state index contributed by atoms with van der Waals surface area (Å²) in [6, 6.07) is 1.47. The van der Waals surface area contributed by atoms with Crippen LogP contribution in [0.5, 0.6) is 6.01 Å². The Morgan fingerprint density at radius 2 is 2.05 bits per heavy atom. The van der Waals surface area contributed by atoms with E-state index in [0.717, 1.165) is 23.2 Å². The Morgan fingerprint density at radius 3 is 2.76 bits per heavy atom. The predicted octanol–water partition coefficient (Wildman–Crippen LogP) is 3.94. The van der Waals surface area contributed by atoms with Gasteiger partial charge in [-0.15, -0.1) is 0 Å². The van der Waals surface area contributed by atoms with Crippen molar-refractivity contribution >= 4 is 40.6 Å². The molecule has 13 heteroatoms. The summed E-state index contributed by atoms with van der Waals surface area (Å²) < 4.78 is 28.4. The average Bonchev–Trinajstić information content (AvgIpc) is 3.06. The lowest BCUT2D eigenvalue weighted by Crippen LogP contribution is -2.29. The molecule has 0 radical (unpaired) electrons. The smallest absolute Gasteiger partial charge is 0.318 e. The Kier molecular flexibility index (Phi) is 7.10. The summed E-state index contributed by atoms with van der Waals surface area (Å²) in [6.07, 6.45) is 0.275. The number of carbonyl (C=O) groups is 1. The maximum absolute atomic E-state index is 15.0. The number of carbonyl (C=O) groups excluding carboxylic acids is 1. The number of aromatic nitrogens is 4. The van der Waals surface area contributed by atoms with E-state index < -0.39 is 11.9 Å². The van der Waals surface area contributed by atoms with Gasteiger partial charge in [-0.3, -0.25) is 9.48 Å². The van der Waals surface area contributed by atoms with Crippen LogP contribution in [0.15, 0.2) is 6.07 Å². The number of nitrogens with zero attached hydrogens (tertiary/aromatic N) is 6. The number of nitrogens with two attached hydrogens (primary N) is 1. The number of ether oxygens (including phenoxy) is 2. The number of aryl methyl sites for hydroxylation is 1. The molecule has 0 bridgehead atoms. The van der Waals surface area contributed by atoms with Crippen molar-refractivity contribution in [2.45, 2.75) is 45.6 Å². The summed E-state index contributed by atoms with van der Waals surface area (Å²) in [5.41, 5.74) is 9.47. The van der Waals surface area contributed by atoms with Crippen molar-refractivity contribution in [1.29, 1.82) is 0 Å². The van der Waals surface area contributed by atoms with Crippen LogP contribution in [0.3, 0.4) is 0 Å². The fourth-order valence-electron chi connectivity index (χ4n) is 4.93. The number of hydrogen-bond donors (Lipinski definition) is 1. The molecule has 0 saturated carbocycles. The molecule has 1 amide bonds. The monoisotopic (exact) mass is 563 g/mol. The van der Waals surface area contributed by atoms with E-state index >= 15 is 4.39 Å². The molecule has 0 fully saturated rings. The number of fused-ring (bicyclic) bond motifs is 2. The van der Waals surface area contributed by atoms with E-state index in [4.69, 9.17) is 38.4 Å². The summed E-state index contributed by atoms with van der Waals surface area (Å²) >= 11 is 12.5. The molecule has 38 heavy (non-hydrogen) atoms. The largest absolute Gasteiger partial charge is 0.467 e. The molecule has 5 rings (SSSR count). The molecule has 0 aliphatic carbocycles. The van der Waals surface area contributed by atoms with E-state index in [1.165, 1.54) is 18.1 Å². The van der Waals surface area contributed by atoms with Gasteiger partial charge in [-0.05, 0) is 19.4 Å². The highest BCUT2D eigenvalue weighted by atomic mass is 35.5. The lowest BCUT2D eigenvalue weighted by Gasteiger charge is -2.31. The molecule has 202 valence electrons. The standard InChI is InChI=1S/C25H28Cl2FN7O3/c1-12-17-10-34(6-5-7-35(17)32-22(12)24(36)33(2)3)23-13-11-38-18(9-16(13)30-25(31-23)37-4)19-20(27)14(26)8-15(29)21(19)28/h8,18H,5-7,9-11,29H2,1-4H3. The number of amides is 1. The normalized spacial score (nSPS) is 17.0. The van der Waals surface area contributed by atoms with Gasteiger partial charge in [0.25, 0.3) is 5.91 Å². The van der Waals surface area contributed by atoms with Crippen molar-refractivity contribution in [2.75, 3.05) is 38.4 Å². The average molecular weight is 564 g/mol. The van der Waals surface area contributed by atoms with Gasteiger partial charge in [0.15, 0.2) is 11.5 Å². The highest BCUT2D eigenvalue weighted by Gasteiger charge is 2.33. The number of benzene rings is 1. The van der Waals surface area contributed by atoms with Crippen LogP contribution in [0.25, 0.3) is 0 Å². The first-order chi connectivity index (χ1) is 18.1. The van der Waals surface area contributed by atoms with Gasteiger partial charge in [-0.2, -0.15) is 15.1 Å². The van der Waals surface area contributed by atoms with E-state index in [-0.39, 0.29) is 46.2 Å². The number of halogens is 3. The number of nitrogen functional groups attached to an aromatic ring is 1. The number of rotatable bonds is 4. The highest BCUT2D eigenvalue weighted by molar-refractivity contribution is 6.42. The quantitative estimate of drug-likeness (QED) is 0.375. The van der Waals surface area contributed by atoms with Gasteiger partial charge in [0, 0.05) is 50.3 Å². The first-order valence-electron chi connectivity index (χ1n) is 12.1. The molecule has 0 spiro atoms. The minimum Gasteiger partial charge on any atom is -0.467 e. The molecule has 4 heterocycles. The Morgan fingerprint density at radius 1 is 1.29 bits per heavy atom. The molecular formula is C25H28Cl2FN7O3. The van der Waals surface area contributed by atoms with Gasteiger partial charge in [0.05, 0.1) is 53.5 Å². The number of anilines is 2. The third-order valence-electron chi connectivity index (χ3n) is 6.95. The van der Waals surface area contributed by atoms with Crippen LogP contribution in [0.4, 0.5) is 15.9 Å². The summed E-state index contributed by atoms with van der Waals surface area (Å²) in [4.78, 5) is 25.5. The lowest BCUT2D eigenvalue weighted by atomic mass is 9.98. The molecule has 3 aromatic rings. The molecular weight excluding hydrogens is 536 g/mol. The molecule has 2 aromatic heterocycles. The van der Waals surface area contributed by atoms with Crippen LogP contribution in [-0.2, 0) is 30.9 Å². The van der Waals surface area contributed by atoms with Crippen LogP contribution in [0, 0.1) is 12.7 Å². The van der Waals surface area contributed by atoms with Crippen molar-refractivity contribution in [3.05, 3.63) is 55.7 Å². The van der Waals surface area contributed by atoms with Crippen LogP contribution in [0.1, 0.15) is 51.1 Å². The Labute approximate surface area is 229 Å². The molecule has 0 saturated heterocycles. The van der Waals surface area contributed by atoms with Crippen molar-refractivity contribution in [3.63, 3.8) is 0 Å². The van der Waals surface area contributed by atoms with Crippen LogP contribution < -0.4 is 15.4 Å². The zero-order valence-corrected chi connectivity index (χ0v) is 23.0. The van der Waals surface area contributed by atoms with E-state index in [1.54, 1.807) is 14.1 Å². The topological polar surface area (TPSA) is 112 Å². The molecule has 1 atom stereocenters. The van der Waals surface area contributed by atoms with Crippen molar-refractivity contribution < 1.29 is 18.7 Å². The minimum atomic E-state index is -0.740. The number of methoxy groups -OCH3 is 1. The summed E-state index contributed by atoms with van der Waals surface area (Å²) in [6.45, 7) is 3.89. The predicted molar refractivity (Wildman–Crippen MR) is 141 cm³/mol. The number of hydrogen-bond acceptors (Lipinski definition) is 8. The second kappa shape index (κ2) is 10.2. The van der Waals surface area contributed by atoms with Gasteiger partial charge in [0.1, 0.15) is 5.82 Å². The highest BCUT2D eigenvalue weighted by Crippen LogP contribution is 2.42. The zero-order valence-electron chi connectivity index (χ0n) is 21.5. The maximum atomic E-state index is 15.0. The van der Waals surface area contributed by atoms with Gasteiger partial charge >= 0.3 is 6.01 Å². The molecule has 1 unspecified atom stereocenters. The lowest BCUT2D eigenvalue weighted by molar-refractivity contribution is 0.0237. The first kappa shape index (κ1) is 26.5.